The third-order valence-corrected chi connectivity index (χ3v) is 2.03. The number of rotatable bonds is 2. The Kier molecular flexibility index (Phi) is 2.55. The van der Waals surface area contributed by atoms with Gasteiger partial charge < -0.3 is 5.73 Å². The number of urea groups is 1. The Morgan fingerprint density at radius 2 is 2.06 bits per heavy atom. The van der Waals surface area contributed by atoms with Gasteiger partial charge in [0.2, 0.25) is 5.95 Å². The Morgan fingerprint density at radius 1 is 1.38 bits per heavy atom. The van der Waals surface area contributed by atoms with Crippen molar-refractivity contribution in [3.05, 3.63) is 30.3 Å². The molecule has 0 atom stereocenters. The molecule has 1 aromatic heterocycles. The van der Waals surface area contributed by atoms with Crippen LogP contribution in [0.15, 0.2) is 30.3 Å². The smallest absolute Gasteiger partial charge is 0.318 e. The average Bonchev–Trinajstić information content (AvgIpc) is 2.61. The molecule has 0 radical (unpaired) electrons. The molecule has 6 nitrogen and oxygen atoms in total. The summed E-state index contributed by atoms with van der Waals surface area (Å²) in [5.41, 5.74) is 5.89. The van der Waals surface area contributed by atoms with E-state index < -0.39 is 6.03 Å². The van der Waals surface area contributed by atoms with Gasteiger partial charge in [0.05, 0.1) is 0 Å². The topological polar surface area (TPSA) is 85.8 Å². The lowest BCUT2D eigenvalue weighted by Gasteiger charge is -1.96. The summed E-state index contributed by atoms with van der Waals surface area (Å²) in [6.07, 6.45) is 0. The minimum Gasteiger partial charge on any atom is -0.351 e. The lowest BCUT2D eigenvalue weighted by molar-refractivity contribution is 0.259. The van der Waals surface area contributed by atoms with Gasteiger partial charge >= 0.3 is 6.03 Å². The standard InChI is InChI=1S/C10H11N5O/c1-15-10(13-9(11)16)12-8(14-15)7-5-3-2-4-6-7/h2-6H,1H3,(H3,11,12,13,14,16). The van der Waals surface area contributed by atoms with Crippen molar-refractivity contribution in [3.63, 3.8) is 0 Å². The number of aryl methyl sites for hydroxylation is 1. The molecule has 82 valence electrons. The molecule has 1 aromatic carbocycles. The third kappa shape index (κ3) is 2.00. The average molecular weight is 217 g/mol. The zero-order chi connectivity index (χ0) is 11.5. The first-order valence-electron chi connectivity index (χ1n) is 4.70. The second-order valence-electron chi connectivity index (χ2n) is 3.24. The summed E-state index contributed by atoms with van der Waals surface area (Å²) < 4.78 is 1.47. The monoisotopic (exact) mass is 217 g/mol. The highest BCUT2D eigenvalue weighted by Crippen LogP contribution is 2.16. The number of hydrogen-bond acceptors (Lipinski definition) is 3. The second kappa shape index (κ2) is 4.01. The maximum Gasteiger partial charge on any atom is 0.318 e. The van der Waals surface area contributed by atoms with E-state index in [0.29, 0.717) is 11.8 Å². The number of primary amides is 1. The quantitative estimate of drug-likeness (QED) is 0.785. The molecule has 2 aromatic rings. The van der Waals surface area contributed by atoms with Gasteiger partial charge in [-0.05, 0) is 0 Å². The van der Waals surface area contributed by atoms with Crippen molar-refractivity contribution in [2.45, 2.75) is 0 Å². The van der Waals surface area contributed by atoms with Gasteiger partial charge in [0.25, 0.3) is 0 Å². The van der Waals surface area contributed by atoms with E-state index in [4.69, 9.17) is 5.73 Å². The molecule has 2 amide bonds. The largest absolute Gasteiger partial charge is 0.351 e. The molecule has 0 saturated heterocycles. The van der Waals surface area contributed by atoms with Crippen LogP contribution in [-0.2, 0) is 7.05 Å². The number of nitrogens with zero attached hydrogens (tertiary/aromatic N) is 3. The van der Waals surface area contributed by atoms with E-state index in [1.807, 2.05) is 30.3 Å². The van der Waals surface area contributed by atoms with Gasteiger partial charge in [0.1, 0.15) is 0 Å². The molecule has 0 aliphatic rings. The maximum absolute atomic E-state index is 10.7. The molecule has 0 fully saturated rings. The van der Waals surface area contributed by atoms with E-state index >= 15 is 0 Å². The van der Waals surface area contributed by atoms with Gasteiger partial charge in [0, 0.05) is 12.6 Å². The van der Waals surface area contributed by atoms with E-state index in [9.17, 15) is 4.79 Å². The Labute approximate surface area is 92.1 Å². The molecule has 6 heteroatoms. The van der Waals surface area contributed by atoms with Crippen LogP contribution >= 0.6 is 0 Å². The minimum atomic E-state index is -0.657. The van der Waals surface area contributed by atoms with Gasteiger partial charge in [-0.3, -0.25) is 5.32 Å². The Bertz CT molecular complexity index is 505. The molecule has 0 saturated carbocycles. The number of nitrogens with two attached hydrogens (primary N) is 1. The number of nitrogens with one attached hydrogen (secondary N) is 1. The molecular formula is C10H11N5O. The van der Waals surface area contributed by atoms with Gasteiger partial charge in [0.15, 0.2) is 5.82 Å². The van der Waals surface area contributed by atoms with Gasteiger partial charge in [-0.1, -0.05) is 30.3 Å². The van der Waals surface area contributed by atoms with Crippen molar-refractivity contribution in [2.24, 2.45) is 12.8 Å². The lowest BCUT2D eigenvalue weighted by atomic mass is 10.2. The molecule has 1 heterocycles. The maximum atomic E-state index is 10.7. The fourth-order valence-corrected chi connectivity index (χ4v) is 1.31. The molecule has 16 heavy (non-hydrogen) atoms. The first-order valence-corrected chi connectivity index (χ1v) is 4.70. The van der Waals surface area contributed by atoms with Gasteiger partial charge in [-0.25, -0.2) is 9.48 Å². The van der Waals surface area contributed by atoms with E-state index in [0.717, 1.165) is 5.56 Å². The molecular weight excluding hydrogens is 206 g/mol. The molecule has 2 rings (SSSR count). The summed E-state index contributed by atoms with van der Waals surface area (Å²) >= 11 is 0. The van der Waals surface area contributed by atoms with Crippen LogP contribution in [-0.4, -0.2) is 20.8 Å². The number of hydrogen-bond donors (Lipinski definition) is 2. The first kappa shape index (κ1) is 10.2. The predicted molar refractivity (Wildman–Crippen MR) is 59.6 cm³/mol. The van der Waals surface area contributed by atoms with Gasteiger partial charge in [-0.2, -0.15) is 4.98 Å². The van der Waals surface area contributed by atoms with Crippen LogP contribution in [0.4, 0.5) is 10.7 Å². The predicted octanol–water partition coefficient (Wildman–Crippen LogP) is 0.973. The number of carbonyl (C=O) groups is 1. The van der Waals surface area contributed by atoms with E-state index in [1.54, 1.807) is 7.05 Å². The highest BCUT2D eigenvalue weighted by atomic mass is 16.2. The normalized spacial score (nSPS) is 10.1. The highest BCUT2D eigenvalue weighted by molar-refractivity contribution is 5.86. The molecule has 0 aliphatic carbocycles. The van der Waals surface area contributed by atoms with Crippen molar-refractivity contribution in [2.75, 3.05) is 5.32 Å². The SMILES string of the molecule is Cn1nc(-c2ccccc2)nc1NC(N)=O. The summed E-state index contributed by atoms with van der Waals surface area (Å²) in [4.78, 5) is 14.9. The summed E-state index contributed by atoms with van der Waals surface area (Å²) in [5.74, 6) is 0.873. The van der Waals surface area contributed by atoms with Crippen LogP contribution in [0.5, 0.6) is 0 Å². The van der Waals surface area contributed by atoms with Crippen molar-refractivity contribution >= 4 is 12.0 Å². The van der Waals surface area contributed by atoms with Crippen molar-refractivity contribution in [1.82, 2.24) is 14.8 Å². The van der Waals surface area contributed by atoms with Crippen molar-refractivity contribution < 1.29 is 4.79 Å². The number of anilines is 1. The van der Waals surface area contributed by atoms with E-state index in [2.05, 4.69) is 15.4 Å². The molecule has 3 N–H and O–H groups in total. The van der Waals surface area contributed by atoms with Crippen LogP contribution in [0, 0.1) is 0 Å². The van der Waals surface area contributed by atoms with Crippen LogP contribution in [0.2, 0.25) is 0 Å². The zero-order valence-electron chi connectivity index (χ0n) is 8.71. The first-order chi connectivity index (χ1) is 7.66. The summed E-state index contributed by atoms with van der Waals surface area (Å²) in [7, 11) is 1.69. The van der Waals surface area contributed by atoms with Crippen molar-refractivity contribution in [3.8, 4) is 11.4 Å². The zero-order valence-corrected chi connectivity index (χ0v) is 8.71. The van der Waals surface area contributed by atoms with Crippen LogP contribution in [0.3, 0.4) is 0 Å². The number of benzene rings is 1. The minimum absolute atomic E-state index is 0.325. The molecule has 0 spiro atoms. The molecule has 0 unspecified atom stereocenters. The molecule has 0 bridgehead atoms. The van der Waals surface area contributed by atoms with Crippen molar-refractivity contribution in [1.29, 1.82) is 0 Å². The lowest BCUT2D eigenvalue weighted by Crippen LogP contribution is -2.21. The Morgan fingerprint density at radius 3 is 2.69 bits per heavy atom. The summed E-state index contributed by atoms with van der Waals surface area (Å²) in [6.45, 7) is 0. The number of carbonyl (C=O) groups excluding carboxylic acids is 1. The third-order valence-electron chi connectivity index (χ3n) is 2.03. The highest BCUT2D eigenvalue weighted by Gasteiger charge is 2.09. The number of amides is 2. The summed E-state index contributed by atoms with van der Waals surface area (Å²) in [5, 5.41) is 6.56. The van der Waals surface area contributed by atoms with Crippen LogP contribution < -0.4 is 11.1 Å². The second-order valence-corrected chi connectivity index (χ2v) is 3.24. The summed E-state index contributed by atoms with van der Waals surface area (Å²) in [6, 6.07) is 8.83. The number of aromatic nitrogens is 3. The van der Waals surface area contributed by atoms with E-state index in [-0.39, 0.29) is 0 Å². The Balaban J connectivity index is 2.34. The van der Waals surface area contributed by atoms with Gasteiger partial charge in [-0.15, -0.1) is 5.10 Å². The molecule has 0 aliphatic heterocycles. The van der Waals surface area contributed by atoms with Crippen LogP contribution in [0.25, 0.3) is 11.4 Å². The fraction of sp³-hybridized carbons (Fsp3) is 0.100. The fourth-order valence-electron chi connectivity index (χ4n) is 1.31. The Hall–Kier alpha value is -2.37. The van der Waals surface area contributed by atoms with E-state index in [1.165, 1.54) is 4.68 Å². The van der Waals surface area contributed by atoms with Crippen LogP contribution in [0.1, 0.15) is 0 Å².